The predicted molar refractivity (Wildman–Crippen MR) is 94.1 cm³/mol. The van der Waals surface area contributed by atoms with Crippen LogP contribution in [0.3, 0.4) is 0 Å². The number of halogens is 1. The highest BCUT2D eigenvalue weighted by molar-refractivity contribution is 14.1. The summed E-state index contributed by atoms with van der Waals surface area (Å²) in [6.07, 6.45) is 2.12. The molecule has 5 heteroatoms. The lowest BCUT2D eigenvalue weighted by atomic mass is 10.2. The van der Waals surface area contributed by atoms with Crippen LogP contribution >= 0.6 is 33.9 Å². The van der Waals surface area contributed by atoms with Crippen molar-refractivity contribution < 1.29 is 0 Å². The maximum Gasteiger partial charge on any atom is 0.148 e. The van der Waals surface area contributed by atoms with E-state index in [1.54, 1.807) is 11.3 Å². The fourth-order valence-corrected chi connectivity index (χ4v) is 3.60. The lowest BCUT2D eigenvalue weighted by Gasteiger charge is -2.05. The molecule has 0 saturated carbocycles. The van der Waals surface area contributed by atoms with Gasteiger partial charge in [-0.1, -0.05) is 43.4 Å². The van der Waals surface area contributed by atoms with Gasteiger partial charge in [0.15, 0.2) is 0 Å². The highest BCUT2D eigenvalue weighted by Crippen LogP contribution is 2.28. The maximum absolute atomic E-state index is 4.32. The molecule has 3 nitrogen and oxygen atoms in total. The van der Waals surface area contributed by atoms with E-state index in [9.17, 15) is 0 Å². The molecule has 0 aliphatic rings. The molecule has 0 saturated heterocycles. The molecule has 1 aromatic carbocycles. The van der Waals surface area contributed by atoms with Crippen molar-refractivity contribution in [2.24, 2.45) is 5.92 Å². The molecule has 0 radical (unpaired) electrons. The fourth-order valence-electron chi connectivity index (χ4n) is 1.85. The van der Waals surface area contributed by atoms with Crippen LogP contribution in [0.4, 0.5) is 0 Å². The number of rotatable bonds is 7. The van der Waals surface area contributed by atoms with E-state index in [0.29, 0.717) is 5.92 Å². The van der Waals surface area contributed by atoms with Crippen LogP contribution in [-0.2, 0) is 6.42 Å². The molecule has 0 bridgehead atoms. The average Bonchev–Trinajstić information content (AvgIpc) is 2.87. The summed E-state index contributed by atoms with van der Waals surface area (Å²) in [6, 6.07) is 8.31. The minimum Gasteiger partial charge on any atom is -0.316 e. The van der Waals surface area contributed by atoms with Crippen LogP contribution in [-0.4, -0.2) is 23.3 Å². The van der Waals surface area contributed by atoms with Gasteiger partial charge in [0.25, 0.3) is 0 Å². The molecule has 0 fully saturated rings. The number of nitrogens with one attached hydrogen (secondary N) is 1. The second-order valence-corrected chi connectivity index (χ2v) is 7.41. The van der Waals surface area contributed by atoms with E-state index < -0.39 is 0 Å². The van der Waals surface area contributed by atoms with Gasteiger partial charge in [0.1, 0.15) is 10.0 Å². The molecule has 1 heterocycles. The summed E-state index contributed by atoms with van der Waals surface area (Å²) in [6.45, 7) is 6.59. The smallest absolute Gasteiger partial charge is 0.148 e. The molecular formula is C15H20IN3S. The molecule has 1 aromatic heterocycles. The third kappa shape index (κ3) is 4.79. The minimum atomic E-state index is 0.711. The van der Waals surface area contributed by atoms with Crippen molar-refractivity contribution in [3.8, 4) is 10.6 Å². The Kier molecular flexibility index (Phi) is 6.38. The summed E-state index contributed by atoms with van der Waals surface area (Å²) in [5, 5.41) is 14.2. The van der Waals surface area contributed by atoms with Gasteiger partial charge in [0.2, 0.25) is 0 Å². The van der Waals surface area contributed by atoms with Crippen molar-refractivity contribution in [2.45, 2.75) is 26.7 Å². The lowest BCUT2D eigenvalue weighted by Crippen LogP contribution is -2.21. The molecule has 108 valence electrons. The summed E-state index contributed by atoms with van der Waals surface area (Å²) in [5.41, 5.74) is 1.19. The standard InChI is InChI=1S/C15H20IN3S/c1-11(2)10-17-9-5-8-14-18-19-15(20-14)12-6-3-4-7-13(12)16/h3-4,6-7,11,17H,5,8-10H2,1-2H3. The van der Waals surface area contributed by atoms with E-state index in [1.165, 1.54) is 9.13 Å². The van der Waals surface area contributed by atoms with Crippen molar-refractivity contribution in [1.29, 1.82) is 0 Å². The first-order chi connectivity index (χ1) is 9.66. The van der Waals surface area contributed by atoms with Crippen LogP contribution < -0.4 is 5.32 Å². The zero-order valence-electron chi connectivity index (χ0n) is 11.9. The molecule has 20 heavy (non-hydrogen) atoms. The van der Waals surface area contributed by atoms with Crippen LogP contribution in [0.2, 0.25) is 0 Å². The highest BCUT2D eigenvalue weighted by atomic mass is 127. The third-order valence-corrected chi connectivity index (χ3v) is 4.82. The van der Waals surface area contributed by atoms with Gasteiger partial charge in [0, 0.05) is 15.6 Å². The first-order valence-corrected chi connectivity index (χ1v) is 8.84. The molecule has 0 unspecified atom stereocenters. The van der Waals surface area contributed by atoms with Crippen molar-refractivity contribution in [3.63, 3.8) is 0 Å². The molecule has 0 aliphatic carbocycles. The summed E-state index contributed by atoms with van der Waals surface area (Å²) in [5.74, 6) is 0.711. The quantitative estimate of drug-likeness (QED) is 0.563. The molecule has 2 rings (SSSR count). The molecule has 1 N–H and O–H groups in total. The van der Waals surface area contributed by atoms with Crippen molar-refractivity contribution in [1.82, 2.24) is 15.5 Å². The van der Waals surface area contributed by atoms with Gasteiger partial charge in [-0.2, -0.15) is 0 Å². The molecule has 2 aromatic rings. The monoisotopic (exact) mass is 401 g/mol. The van der Waals surface area contributed by atoms with Gasteiger partial charge in [-0.25, -0.2) is 0 Å². The molecule has 0 aliphatic heterocycles. The van der Waals surface area contributed by atoms with E-state index >= 15 is 0 Å². The molecule has 0 spiro atoms. The number of aryl methyl sites for hydroxylation is 1. The number of nitrogens with zero attached hydrogens (tertiary/aromatic N) is 2. The lowest BCUT2D eigenvalue weighted by molar-refractivity contribution is 0.542. The van der Waals surface area contributed by atoms with Gasteiger partial charge in [-0.3, -0.25) is 0 Å². The van der Waals surface area contributed by atoms with E-state index in [-0.39, 0.29) is 0 Å². The van der Waals surface area contributed by atoms with Gasteiger partial charge in [-0.15, -0.1) is 10.2 Å². The maximum atomic E-state index is 4.32. The van der Waals surface area contributed by atoms with Crippen molar-refractivity contribution in [2.75, 3.05) is 13.1 Å². The molecular weight excluding hydrogens is 381 g/mol. The van der Waals surface area contributed by atoms with Gasteiger partial charge < -0.3 is 5.32 Å². The average molecular weight is 401 g/mol. The Morgan fingerprint density at radius 3 is 2.80 bits per heavy atom. The summed E-state index contributed by atoms with van der Waals surface area (Å²) in [4.78, 5) is 0. The van der Waals surface area contributed by atoms with E-state index in [2.05, 4.69) is 70.2 Å². The second kappa shape index (κ2) is 8.05. The second-order valence-electron chi connectivity index (χ2n) is 5.18. The first kappa shape index (κ1) is 15.9. The highest BCUT2D eigenvalue weighted by Gasteiger charge is 2.09. The van der Waals surface area contributed by atoms with Gasteiger partial charge >= 0.3 is 0 Å². The number of benzene rings is 1. The minimum absolute atomic E-state index is 0.711. The van der Waals surface area contributed by atoms with E-state index in [4.69, 9.17) is 0 Å². The van der Waals surface area contributed by atoms with Crippen molar-refractivity contribution in [3.05, 3.63) is 32.8 Å². The Bertz CT molecular complexity index is 539. The normalized spacial score (nSPS) is 11.2. The van der Waals surface area contributed by atoms with E-state index in [0.717, 1.165) is 35.9 Å². The zero-order chi connectivity index (χ0) is 14.4. The predicted octanol–water partition coefficient (Wildman–Crippen LogP) is 3.99. The zero-order valence-corrected chi connectivity index (χ0v) is 14.9. The number of hydrogen-bond acceptors (Lipinski definition) is 4. The van der Waals surface area contributed by atoms with E-state index in [1.807, 2.05) is 6.07 Å². The van der Waals surface area contributed by atoms with Crippen LogP contribution in [0.5, 0.6) is 0 Å². The summed E-state index contributed by atoms with van der Waals surface area (Å²) in [7, 11) is 0. The molecule has 0 amide bonds. The van der Waals surface area contributed by atoms with Crippen molar-refractivity contribution >= 4 is 33.9 Å². The summed E-state index contributed by atoms with van der Waals surface area (Å²) < 4.78 is 1.23. The Morgan fingerprint density at radius 2 is 2.05 bits per heavy atom. The van der Waals surface area contributed by atoms with Crippen LogP contribution in [0.1, 0.15) is 25.3 Å². The summed E-state index contributed by atoms with van der Waals surface area (Å²) >= 11 is 4.06. The SMILES string of the molecule is CC(C)CNCCCc1nnc(-c2ccccc2I)s1. The molecule has 0 atom stereocenters. The van der Waals surface area contributed by atoms with Gasteiger partial charge in [0.05, 0.1) is 0 Å². The number of hydrogen-bond donors (Lipinski definition) is 1. The Balaban J connectivity index is 1.85. The Hall–Kier alpha value is -0.530. The number of aromatic nitrogens is 2. The fraction of sp³-hybridized carbons (Fsp3) is 0.467. The largest absolute Gasteiger partial charge is 0.316 e. The Labute approximate surface area is 138 Å². The first-order valence-electron chi connectivity index (χ1n) is 6.95. The topological polar surface area (TPSA) is 37.8 Å². The third-order valence-electron chi connectivity index (χ3n) is 2.87. The Morgan fingerprint density at radius 1 is 1.25 bits per heavy atom. The van der Waals surface area contributed by atoms with Gasteiger partial charge in [-0.05, 0) is 54.1 Å². The van der Waals surface area contributed by atoms with Crippen LogP contribution in [0, 0.1) is 9.49 Å². The van der Waals surface area contributed by atoms with Crippen LogP contribution in [0.15, 0.2) is 24.3 Å². The van der Waals surface area contributed by atoms with Crippen LogP contribution in [0.25, 0.3) is 10.6 Å².